The molecule has 6 nitrogen and oxygen atoms in total. The zero-order valence-corrected chi connectivity index (χ0v) is 15.2. The van der Waals surface area contributed by atoms with Crippen molar-refractivity contribution in [2.45, 2.75) is 23.1 Å². The standard InChI is InChI=1S/C15H16N4O2S3/c20-24(21,13-2-1-8-22-13)18-11-3-6-19(7-4-11)15-14-12(5-9-23-14)16-10-17-15/h1-2,5,8-11,18H,3-4,6-7H2. The molecule has 1 aliphatic rings. The SMILES string of the molecule is O=S(=O)(NC1CCN(c2ncnc3ccsc23)CC1)c1cccs1. The first-order valence-electron chi connectivity index (χ1n) is 7.62. The van der Waals surface area contributed by atoms with E-state index in [1.807, 2.05) is 11.4 Å². The Morgan fingerprint density at radius 2 is 1.96 bits per heavy atom. The van der Waals surface area contributed by atoms with E-state index in [4.69, 9.17) is 0 Å². The maximum absolute atomic E-state index is 12.3. The highest BCUT2D eigenvalue weighted by Gasteiger charge is 2.26. The van der Waals surface area contributed by atoms with Gasteiger partial charge in [0, 0.05) is 19.1 Å². The van der Waals surface area contributed by atoms with Crippen LogP contribution < -0.4 is 9.62 Å². The predicted molar refractivity (Wildman–Crippen MR) is 97.3 cm³/mol. The van der Waals surface area contributed by atoms with Crippen LogP contribution in [-0.4, -0.2) is 37.5 Å². The lowest BCUT2D eigenvalue weighted by Gasteiger charge is -2.33. The second-order valence-electron chi connectivity index (χ2n) is 5.65. The van der Waals surface area contributed by atoms with Crippen molar-refractivity contribution in [3.05, 3.63) is 35.3 Å². The Kier molecular flexibility index (Phi) is 4.25. The van der Waals surface area contributed by atoms with Gasteiger partial charge in [-0.3, -0.25) is 0 Å². The summed E-state index contributed by atoms with van der Waals surface area (Å²) in [5, 5.41) is 3.79. The van der Waals surface area contributed by atoms with Crippen LogP contribution in [0.2, 0.25) is 0 Å². The topological polar surface area (TPSA) is 75.2 Å². The summed E-state index contributed by atoms with van der Waals surface area (Å²) in [5.74, 6) is 0.953. The molecule has 1 fully saturated rings. The van der Waals surface area contributed by atoms with Crippen LogP contribution in [0.15, 0.2) is 39.5 Å². The van der Waals surface area contributed by atoms with Gasteiger partial charge in [-0.25, -0.2) is 23.1 Å². The zero-order chi connectivity index (χ0) is 16.6. The Balaban J connectivity index is 1.45. The first-order chi connectivity index (χ1) is 11.6. The molecule has 0 bridgehead atoms. The van der Waals surface area contributed by atoms with Crippen molar-refractivity contribution in [2.24, 2.45) is 0 Å². The van der Waals surface area contributed by atoms with Crippen LogP contribution in [0.25, 0.3) is 10.2 Å². The highest BCUT2D eigenvalue weighted by molar-refractivity contribution is 7.91. The summed E-state index contributed by atoms with van der Waals surface area (Å²) in [4.78, 5) is 10.9. The second kappa shape index (κ2) is 6.40. The summed E-state index contributed by atoms with van der Waals surface area (Å²) in [7, 11) is -3.40. The minimum atomic E-state index is -3.40. The molecule has 1 N–H and O–H groups in total. The van der Waals surface area contributed by atoms with E-state index in [1.165, 1.54) is 11.3 Å². The molecule has 0 unspecified atom stereocenters. The van der Waals surface area contributed by atoms with Gasteiger partial charge in [-0.1, -0.05) is 6.07 Å². The van der Waals surface area contributed by atoms with Gasteiger partial charge in [0.15, 0.2) is 0 Å². The lowest BCUT2D eigenvalue weighted by molar-refractivity contribution is 0.459. The maximum atomic E-state index is 12.3. The Morgan fingerprint density at radius 3 is 2.71 bits per heavy atom. The molecular weight excluding hydrogens is 364 g/mol. The molecule has 3 aromatic rings. The molecule has 1 saturated heterocycles. The van der Waals surface area contributed by atoms with Crippen molar-refractivity contribution in [1.29, 1.82) is 0 Å². The number of piperidine rings is 1. The smallest absolute Gasteiger partial charge is 0.250 e. The number of sulfonamides is 1. The third-order valence-corrected chi connectivity index (χ3v) is 7.92. The number of aromatic nitrogens is 2. The van der Waals surface area contributed by atoms with Gasteiger partial charge in [0.05, 0.1) is 10.2 Å². The molecule has 0 aromatic carbocycles. The van der Waals surface area contributed by atoms with Crippen LogP contribution in [0.1, 0.15) is 12.8 Å². The van der Waals surface area contributed by atoms with Crippen LogP contribution in [-0.2, 0) is 10.0 Å². The van der Waals surface area contributed by atoms with E-state index >= 15 is 0 Å². The normalized spacial score (nSPS) is 16.8. The van der Waals surface area contributed by atoms with Gasteiger partial charge in [-0.15, -0.1) is 22.7 Å². The summed E-state index contributed by atoms with van der Waals surface area (Å²) >= 11 is 2.88. The number of nitrogens with one attached hydrogen (secondary N) is 1. The predicted octanol–water partition coefficient (Wildman–Crippen LogP) is 2.70. The fourth-order valence-corrected chi connectivity index (χ4v) is 6.08. The summed E-state index contributed by atoms with van der Waals surface area (Å²) in [6, 6.07) is 5.35. The van der Waals surface area contributed by atoms with Crippen molar-refractivity contribution in [3.8, 4) is 0 Å². The molecule has 1 aliphatic heterocycles. The molecule has 0 atom stereocenters. The van der Waals surface area contributed by atoms with Crippen LogP contribution in [0, 0.1) is 0 Å². The molecule has 0 amide bonds. The Morgan fingerprint density at radius 1 is 1.12 bits per heavy atom. The summed E-state index contributed by atoms with van der Waals surface area (Å²) in [5.41, 5.74) is 0.963. The van der Waals surface area contributed by atoms with Crippen molar-refractivity contribution in [1.82, 2.24) is 14.7 Å². The lowest BCUT2D eigenvalue weighted by atomic mass is 10.1. The molecule has 0 radical (unpaired) electrons. The maximum Gasteiger partial charge on any atom is 0.250 e. The minimum absolute atomic E-state index is 0.0333. The van der Waals surface area contributed by atoms with Crippen LogP contribution in [0.5, 0.6) is 0 Å². The molecule has 24 heavy (non-hydrogen) atoms. The fraction of sp³-hybridized carbons (Fsp3) is 0.333. The lowest BCUT2D eigenvalue weighted by Crippen LogP contribution is -2.44. The van der Waals surface area contributed by atoms with E-state index in [-0.39, 0.29) is 6.04 Å². The largest absolute Gasteiger partial charge is 0.355 e. The second-order valence-corrected chi connectivity index (χ2v) is 9.45. The van der Waals surface area contributed by atoms with Gasteiger partial charge in [0.25, 0.3) is 0 Å². The third-order valence-electron chi connectivity index (χ3n) is 4.10. The summed E-state index contributed by atoms with van der Waals surface area (Å²) in [6.45, 7) is 1.56. The van der Waals surface area contributed by atoms with Gasteiger partial charge in [0.1, 0.15) is 16.4 Å². The quantitative estimate of drug-likeness (QED) is 0.753. The number of rotatable bonds is 4. The van der Waals surface area contributed by atoms with E-state index in [0.29, 0.717) is 4.21 Å². The first-order valence-corrected chi connectivity index (χ1v) is 10.9. The summed E-state index contributed by atoms with van der Waals surface area (Å²) in [6.07, 6.45) is 3.12. The molecule has 4 rings (SSSR count). The van der Waals surface area contributed by atoms with E-state index in [2.05, 4.69) is 19.6 Å². The third kappa shape index (κ3) is 3.04. The average Bonchev–Trinajstić information content (AvgIpc) is 3.27. The average molecular weight is 381 g/mol. The number of nitrogens with zero attached hydrogens (tertiary/aromatic N) is 3. The van der Waals surface area contributed by atoms with Gasteiger partial charge in [-0.2, -0.15) is 0 Å². The highest BCUT2D eigenvalue weighted by atomic mass is 32.2. The molecule has 3 aromatic heterocycles. The Hall–Kier alpha value is -1.55. The number of fused-ring (bicyclic) bond motifs is 1. The summed E-state index contributed by atoms with van der Waals surface area (Å²) < 4.78 is 28.9. The zero-order valence-electron chi connectivity index (χ0n) is 12.8. The molecule has 9 heteroatoms. The first kappa shape index (κ1) is 15.9. The Bertz CT molecular complexity index is 929. The van der Waals surface area contributed by atoms with Crippen molar-refractivity contribution in [2.75, 3.05) is 18.0 Å². The fourth-order valence-electron chi connectivity index (χ4n) is 2.90. The van der Waals surface area contributed by atoms with E-state index in [9.17, 15) is 8.42 Å². The molecule has 0 spiro atoms. The number of anilines is 1. The van der Waals surface area contributed by atoms with E-state index < -0.39 is 10.0 Å². The molecular formula is C15H16N4O2S3. The van der Waals surface area contributed by atoms with Crippen molar-refractivity contribution < 1.29 is 8.42 Å². The van der Waals surface area contributed by atoms with Crippen LogP contribution in [0.4, 0.5) is 5.82 Å². The van der Waals surface area contributed by atoms with Crippen LogP contribution >= 0.6 is 22.7 Å². The van der Waals surface area contributed by atoms with Gasteiger partial charge in [-0.05, 0) is 35.7 Å². The van der Waals surface area contributed by atoms with Gasteiger partial charge in [0.2, 0.25) is 10.0 Å². The van der Waals surface area contributed by atoms with Crippen molar-refractivity contribution in [3.63, 3.8) is 0 Å². The molecule has 126 valence electrons. The molecule has 4 heterocycles. The van der Waals surface area contributed by atoms with Gasteiger partial charge >= 0.3 is 0 Å². The highest BCUT2D eigenvalue weighted by Crippen LogP contribution is 2.30. The Labute approximate surface area is 148 Å². The molecule has 0 aliphatic carbocycles. The van der Waals surface area contributed by atoms with Crippen molar-refractivity contribution >= 4 is 48.7 Å². The molecule has 0 saturated carbocycles. The number of hydrogen-bond donors (Lipinski definition) is 1. The number of thiophene rings is 2. The van der Waals surface area contributed by atoms with E-state index in [1.54, 1.807) is 35.2 Å². The van der Waals surface area contributed by atoms with E-state index in [0.717, 1.165) is 42.0 Å². The minimum Gasteiger partial charge on any atom is -0.355 e. The van der Waals surface area contributed by atoms with Gasteiger partial charge < -0.3 is 4.90 Å². The number of hydrogen-bond acceptors (Lipinski definition) is 7. The monoisotopic (exact) mass is 380 g/mol. The van der Waals surface area contributed by atoms with Crippen LogP contribution in [0.3, 0.4) is 0 Å².